The molecular formula is C20H27ClO4. The average Bonchev–Trinajstić information content (AvgIpc) is 2.55. The Hall–Kier alpha value is -1.36. The Bertz CT molecular complexity index is 584. The van der Waals surface area contributed by atoms with Gasteiger partial charge in [-0.05, 0) is 56.2 Å². The monoisotopic (exact) mass is 366 g/mol. The highest BCUT2D eigenvalue weighted by Crippen LogP contribution is 2.35. The summed E-state index contributed by atoms with van der Waals surface area (Å²) in [5.74, 6) is -0.189. The standard InChI is InChI=1S/C20H27ClO4/c1-2-25-19(23)14-20(24)11-3-4-16(13-20)7-10-18(22)12-15-5-8-17(21)9-6-15/h5-10,16,18,22,24H,2-4,11-14H2,1H3/b10-7+. The van der Waals surface area contributed by atoms with Gasteiger partial charge in [0, 0.05) is 11.4 Å². The van der Waals surface area contributed by atoms with Crippen LogP contribution in [-0.2, 0) is 16.0 Å². The van der Waals surface area contributed by atoms with Crippen LogP contribution in [0.2, 0.25) is 5.02 Å². The summed E-state index contributed by atoms with van der Waals surface area (Å²) in [4.78, 5) is 11.7. The molecule has 0 saturated heterocycles. The molecule has 5 heteroatoms. The number of rotatable bonds is 7. The third-order valence-corrected chi connectivity index (χ3v) is 4.85. The summed E-state index contributed by atoms with van der Waals surface area (Å²) in [5, 5.41) is 21.5. The van der Waals surface area contributed by atoms with Crippen molar-refractivity contribution in [2.45, 2.75) is 57.2 Å². The van der Waals surface area contributed by atoms with Gasteiger partial charge in [-0.2, -0.15) is 0 Å². The number of ether oxygens (including phenoxy) is 1. The molecule has 0 spiro atoms. The Morgan fingerprint density at radius 1 is 1.44 bits per heavy atom. The molecule has 0 radical (unpaired) electrons. The number of carbonyl (C=O) groups is 1. The third-order valence-electron chi connectivity index (χ3n) is 4.60. The molecule has 3 atom stereocenters. The van der Waals surface area contributed by atoms with Gasteiger partial charge in [0.15, 0.2) is 0 Å². The largest absolute Gasteiger partial charge is 0.466 e. The zero-order valence-electron chi connectivity index (χ0n) is 14.7. The summed E-state index contributed by atoms with van der Waals surface area (Å²) < 4.78 is 4.95. The van der Waals surface area contributed by atoms with E-state index in [2.05, 4.69) is 0 Å². The molecule has 0 aliphatic heterocycles. The number of hydrogen-bond donors (Lipinski definition) is 2. The lowest BCUT2D eigenvalue weighted by molar-refractivity contribution is -0.150. The Morgan fingerprint density at radius 3 is 2.84 bits per heavy atom. The molecule has 2 rings (SSSR count). The van der Waals surface area contributed by atoms with Crippen LogP contribution in [0.4, 0.5) is 0 Å². The molecule has 0 aromatic heterocycles. The number of aliphatic hydroxyl groups excluding tert-OH is 1. The molecule has 138 valence electrons. The second kappa shape index (κ2) is 9.37. The second-order valence-electron chi connectivity index (χ2n) is 6.85. The van der Waals surface area contributed by atoms with E-state index in [1.54, 1.807) is 13.0 Å². The van der Waals surface area contributed by atoms with E-state index in [0.717, 1.165) is 18.4 Å². The first-order chi connectivity index (χ1) is 11.9. The van der Waals surface area contributed by atoms with Crippen molar-refractivity contribution in [2.24, 2.45) is 5.92 Å². The highest BCUT2D eigenvalue weighted by atomic mass is 35.5. The summed E-state index contributed by atoms with van der Waals surface area (Å²) in [7, 11) is 0. The van der Waals surface area contributed by atoms with Gasteiger partial charge in [0.1, 0.15) is 0 Å². The van der Waals surface area contributed by atoms with Crippen molar-refractivity contribution >= 4 is 17.6 Å². The van der Waals surface area contributed by atoms with E-state index in [9.17, 15) is 15.0 Å². The molecule has 25 heavy (non-hydrogen) atoms. The number of allylic oxidation sites excluding steroid dienone is 1. The highest BCUT2D eigenvalue weighted by Gasteiger charge is 2.35. The van der Waals surface area contributed by atoms with E-state index in [1.807, 2.05) is 30.3 Å². The molecule has 1 aliphatic rings. The molecule has 0 bridgehead atoms. The predicted molar refractivity (Wildman–Crippen MR) is 98.5 cm³/mol. The van der Waals surface area contributed by atoms with Crippen molar-refractivity contribution in [3.8, 4) is 0 Å². The van der Waals surface area contributed by atoms with E-state index in [-0.39, 0.29) is 18.3 Å². The average molecular weight is 367 g/mol. The number of aliphatic hydroxyl groups is 2. The fourth-order valence-corrected chi connectivity index (χ4v) is 3.53. The molecule has 0 heterocycles. The molecule has 1 aliphatic carbocycles. The van der Waals surface area contributed by atoms with Crippen LogP contribution in [0.3, 0.4) is 0 Å². The summed E-state index contributed by atoms with van der Waals surface area (Å²) in [6, 6.07) is 7.42. The number of halogens is 1. The van der Waals surface area contributed by atoms with Gasteiger partial charge in [0.2, 0.25) is 0 Å². The third kappa shape index (κ3) is 6.81. The minimum absolute atomic E-state index is 0.0402. The van der Waals surface area contributed by atoms with Crippen LogP contribution in [0.5, 0.6) is 0 Å². The van der Waals surface area contributed by atoms with Gasteiger partial charge in [-0.1, -0.05) is 35.9 Å². The van der Waals surface area contributed by atoms with Gasteiger partial charge < -0.3 is 14.9 Å². The van der Waals surface area contributed by atoms with Crippen molar-refractivity contribution in [2.75, 3.05) is 6.61 Å². The minimum atomic E-state index is -0.999. The van der Waals surface area contributed by atoms with E-state index in [0.29, 0.717) is 30.9 Å². The van der Waals surface area contributed by atoms with Gasteiger partial charge >= 0.3 is 5.97 Å². The number of esters is 1. The maximum Gasteiger partial charge on any atom is 0.308 e. The topological polar surface area (TPSA) is 66.8 Å². The maximum atomic E-state index is 11.7. The Morgan fingerprint density at radius 2 is 2.16 bits per heavy atom. The van der Waals surface area contributed by atoms with Crippen LogP contribution in [0.25, 0.3) is 0 Å². The van der Waals surface area contributed by atoms with E-state index in [4.69, 9.17) is 16.3 Å². The quantitative estimate of drug-likeness (QED) is 0.570. The van der Waals surface area contributed by atoms with Gasteiger partial charge in [-0.3, -0.25) is 4.79 Å². The second-order valence-corrected chi connectivity index (χ2v) is 7.28. The van der Waals surface area contributed by atoms with Crippen molar-refractivity contribution in [3.63, 3.8) is 0 Å². The summed E-state index contributed by atoms with van der Waals surface area (Å²) in [6.45, 7) is 2.09. The fourth-order valence-electron chi connectivity index (χ4n) is 3.41. The lowest BCUT2D eigenvalue weighted by Gasteiger charge is -2.35. The van der Waals surface area contributed by atoms with Crippen molar-refractivity contribution < 1.29 is 19.7 Å². The molecule has 3 unspecified atom stereocenters. The maximum absolute atomic E-state index is 11.7. The number of benzene rings is 1. The van der Waals surface area contributed by atoms with Gasteiger partial charge in [0.25, 0.3) is 0 Å². The van der Waals surface area contributed by atoms with Gasteiger partial charge in [-0.15, -0.1) is 0 Å². The number of hydrogen-bond acceptors (Lipinski definition) is 4. The highest BCUT2D eigenvalue weighted by molar-refractivity contribution is 6.30. The van der Waals surface area contributed by atoms with E-state index in [1.165, 1.54) is 0 Å². The first-order valence-electron chi connectivity index (χ1n) is 8.89. The summed E-state index contributed by atoms with van der Waals surface area (Å²) >= 11 is 5.86. The number of carbonyl (C=O) groups excluding carboxylic acids is 1. The summed E-state index contributed by atoms with van der Waals surface area (Å²) in [5.41, 5.74) is 0.0182. The SMILES string of the molecule is CCOC(=O)CC1(O)CCCC(/C=C/C(O)Cc2ccc(Cl)cc2)C1. The molecule has 1 saturated carbocycles. The van der Waals surface area contributed by atoms with Gasteiger partial charge in [0.05, 0.1) is 24.7 Å². The molecular weight excluding hydrogens is 340 g/mol. The van der Waals surface area contributed by atoms with E-state index >= 15 is 0 Å². The molecule has 0 amide bonds. The molecule has 1 fully saturated rings. The van der Waals surface area contributed by atoms with Crippen LogP contribution in [-0.4, -0.2) is 34.5 Å². The zero-order chi connectivity index (χ0) is 18.3. The summed E-state index contributed by atoms with van der Waals surface area (Å²) in [6.07, 6.45) is 6.69. The molecule has 2 N–H and O–H groups in total. The zero-order valence-corrected chi connectivity index (χ0v) is 15.4. The smallest absolute Gasteiger partial charge is 0.308 e. The lowest BCUT2D eigenvalue weighted by Crippen LogP contribution is -2.37. The Balaban J connectivity index is 1.87. The van der Waals surface area contributed by atoms with Crippen molar-refractivity contribution in [3.05, 3.63) is 47.0 Å². The predicted octanol–water partition coefficient (Wildman–Crippen LogP) is 3.67. The van der Waals surface area contributed by atoms with Crippen LogP contribution >= 0.6 is 11.6 Å². The van der Waals surface area contributed by atoms with Gasteiger partial charge in [-0.25, -0.2) is 0 Å². The van der Waals surface area contributed by atoms with Crippen LogP contribution < -0.4 is 0 Å². The van der Waals surface area contributed by atoms with E-state index < -0.39 is 11.7 Å². The Labute approximate surface area is 154 Å². The molecule has 1 aromatic carbocycles. The molecule has 1 aromatic rings. The fraction of sp³-hybridized carbons (Fsp3) is 0.550. The molecule has 4 nitrogen and oxygen atoms in total. The first kappa shape index (κ1) is 20.0. The Kier molecular flexibility index (Phi) is 7.48. The van der Waals surface area contributed by atoms with Crippen LogP contribution in [0.1, 0.15) is 44.6 Å². The normalized spacial score (nSPS) is 25.0. The van der Waals surface area contributed by atoms with Crippen molar-refractivity contribution in [1.29, 1.82) is 0 Å². The first-order valence-corrected chi connectivity index (χ1v) is 9.27. The lowest BCUT2D eigenvalue weighted by atomic mass is 9.76. The van der Waals surface area contributed by atoms with Crippen molar-refractivity contribution in [1.82, 2.24) is 0 Å². The van der Waals surface area contributed by atoms with Crippen LogP contribution in [0, 0.1) is 5.92 Å². The minimum Gasteiger partial charge on any atom is -0.466 e. The van der Waals surface area contributed by atoms with Crippen LogP contribution in [0.15, 0.2) is 36.4 Å².